The van der Waals surface area contributed by atoms with Crippen molar-refractivity contribution >= 4 is 5.91 Å². The second-order valence-electron chi connectivity index (χ2n) is 5.80. The Morgan fingerprint density at radius 1 is 1.14 bits per heavy atom. The number of carbonyl (C=O) groups excluding carboxylic acids is 1. The Labute approximate surface area is 124 Å². The zero-order valence-electron chi connectivity index (χ0n) is 12.3. The van der Waals surface area contributed by atoms with Gasteiger partial charge in [-0.1, -0.05) is 41.5 Å². The summed E-state index contributed by atoms with van der Waals surface area (Å²) in [6, 6.07) is 13.3. The smallest absolute Gasteiger partial charge is 0.251 e. The maximum Gasteiger partial charge on any atom is 0.251 e. The van der Waals surface area contributed by atoms with Gasteiger partial charge in [0.1, 0.15) is 0 Å². The Hall–Kier alpha value is -2.13. The second kappa shape index (κ2) is 5.34. The monoisotopic (exact) mass is 281 g/mol. The van der Waals surface area contributed by atoms with Gasteiger partial charge in [-0.3, -0.25) is 4.79 Å². The van der Waals surface area contributed by atoms with Crippen LogP contribution in [0.4, 0.5) is 0 Å². The summed E-state index contributed by atoms with van der Waals surface area (Å²) < 4.78 is 0. The van der Waals surface area contributed by atoms with E-state index in [4.69, 9.17) is 0 Å². The van der Waals surface area contributed by atoms with E-state index in [1.54, 1.807) is 0 Å². The third-order valence-corrected chi connectivity index (χ3v) is 3.97. The maximum absolute atomic E-state index is 12.4. The van der Waals surface area contributed by atoms with Crippen LogP contribution >= 0.6 is 0 Å². The van der Waals surface area contributed by atoms with Gasteiger partial charge in [-0.05, 0) is 37.1 Å². The Morgan fingerprint density at radius 2 is 1.81 bits per heavy atom. The van der Waals surface area contributed by atoms with Gasteiger partial charge in [0.15, 0.2) is 0 Å². The van der Waals surface area contributed by atoms with Gasteiger partial charge in [0.05, 0.1) is 12.1 Å². The molecule has 1 aliphatic rings. The largest absolute Gasteiger partial charge is 0.390 e. The molecule has 0 radical (unpaired) electrons. The lowest BCUT2D eigenvalue weighted by Crippen LogP contribution is -2.33. The lowest BCUT2D eigenvalue weighted by molar-refractivity contribution is 0.0858. The first kappa shape index (κ1) is 13.8. The number of hydrogen-bond acceptors (Lipinski definition) is 2. The lowest BCUT2D eigenvalue weighted by Gasteiger charge is -2.18. The van der Waals surface area contributed by atoms with Gasteiger partial charge in [0.25, 0.3) is 5.91 Å². The van der Waals surface area contributed by atoms with Crippen molar-refractivity contribution in [2.45, 2.75) is 32.4 Å². The van der Waals surface area contributed by atoms with Crippen molar-refractivity contribution in [3.8, 4) is 0 Å². The van der Waals surface area contributed by atoms with E-state index in [1.165, 1.54) is 0 Å². The molecule has 0 spiro atoms. The Bertz CT molecular complexity index is 673. The number of benzene rings is 2. The highest BCUT2D eigenvalue weighted by molar-refractivity contribution is 5.95. The first-order chi connectivity index (χ1) is 10.0. The molecule has 3 heteroatoms. The average molecular weight is 281 g/mol. The maximum atomic E-state index is 12.4. The van der Waals surface area contributed by atoms with Crippen molar-refractivity contribution in [1.29, 1.82) is 0 Å². The van der Waals surface area contributed by atoms with E-state index in [1.807, 2.05) is 56.3 Å². The second-order valence-corrected chi connectivity index (χ2v) is 5.80. The number of rotatable bonds is 2. The summed E-state index contributed by atoms with van der Waals surface area (Å²) in [5.41, 5.74) is 4.89. The average Bonchev–Trinajstić information content (AvgIpc) is 2.74. The van der Waals surface area contributed by atoms with Gasteiger partial charge >= 0.3 is 0 Å². The van der Waals surface area contributed by atoms with Crippen LogP contribution in [0.5, 0.6) is 0 Å². The molecule has 1 aliphatic carbocycles. The van der Waals surface area contributed by atoms with Crippen molar-refractivity contribution in [2.24, 2.45) is 0 Å². The minimum Gasteiger partial charge on any atom is -0.390 e. The number of amides is 1. The highest BCUT2D eigenvalue weighted by atomic mass is 16.3. The molecule has 2 aromatic rings. The molecular weight excluding hydrogens is 262 g/mol. The fourth-order valence-corrected chi connectivity index (χ4v) is 3.08. The molecule has 0 aliphatic heterocycles. The molecule has 108 valence electrons. The van der Waals surface area contributed by atoms with Crippen LogP contribution in [0.25, 0.3) is 0 Å². The van der Waals surface area contributed by atoms with E-state index in [0.717, 1.165) is 22.3 Å². The molecule has 2 atom stereocenters. The van der Waals surface area contributed by atoms with Crippen LogP contribution in [0, 0.1) is 13.8 Å². The van der Waals surface area contributed by atoms with Gasteiger partial charge in [0.2, 0.25) is 0 Å². The molecule has 3 rings (SSSR count). The van der Waals surface area contributed by atoms with Gasteiger partial charge in [0, 0.05) is 12.0 Å². The van der Waals surface area contributed by atoms with Gasteiger partial charge in [-0.25, -0.2) is 0 Å². The highest BCUT2D eigenvalue weighted by Gasteiger charge is 2.32. The van der Waals surface area contributed by atoms with E-state index < -0.39 is 6.10 Å². The van der Waals surface area contributed by atoms with Crippen LogP contribution < -0.4 is 5.32 Å². The van der Waals surface area contributed by atoms with Crippen molar-refractivity contribution in [3.63, 3.8) is 0 Å². The molecule has 2 aromatic carbocycles. The summed E-state index contributed by atoms with van der Waals surface area (Å²) in [4.78, 5) is 12.4. The molecule has 0 saturated heterocycles. The van der Waals surface area contributed by atoms with Crippen LogP contribution in [0.1, 0.15) is 38.7 Å². The van der Waals surface area contributed by atoms with E-state index in [-0.39, 0.29) is 11.9 Å². The summed E-state index contributed by atoms with van der Waals surface area (Å²) in [6.07, 6.45) is 0.0331. The zero-order valence-corrected chi connectivity index (χ0v) is 12.3. The molecule has 0 saturated carbocycles. The number of carbonyl (C=O) groups is 1. The summed E-state index contributed by atoms with van der Waals surface area (Å²) in [5.74, 6) is -0.137. The summed E-state index contributed by atoms with van der Waals surface area (Å²) in [5, 5.41) is 13.2. The number of aliphatic hydroxyl groups excluding tert-OH is 1. The predicted molar refractivity (Wildman–Crippen MR) is 82.3 cm³/mol. The third kappa shape index (κ3) is 2.69. The fourth-order valence-electron chi connectivity index (χ4n) is 3.08. The molecule has 0 unspecified atom stereocenters. The van der Waals surface area contributed by atoms with Gasteiger partial charge in [-0.2, -0.15) is 0 Å². The Kier molecular flexibility index (Phi) is 3.52. The van der Waals surface area contributed by atoms with Crippen LogP contribution in [0.3, 0.4) is 0 Å². The summed E-state index contributed by atoms with van der Waals surface area (Å²) in [7, 11) is 0. The number of aliphatic hydroxyl groups is 1. The Balaban J connectivity index is 1.85. The standard InChI is InChI=1S/C18H19NO2/c1-11-7-12(2)9-14(8-11)18(21)19-17-15-6-4-3-5-13(15)10-16(17)20/h3-9,16-17,20H,10H2,1-2H3,(H,19,21)/t16-,17+/m0/s1. The molecule has 0 aromatic heterocycles. The minimum atomic E-state index is -0.558. The summed E-state index contributed by atoms with van der Waals surface area (Å²) >= 11 is 0. The molecule has 0 heterocycles. The quantitative estimate of drug-likeness (QED) is 0.889. The first-order valence-electron chi connectivity index (χ1n) is 7.19. The van der Waals surface area contributed by atoms with Crippen molar-refractivity contribution in [3.05, 3.63) is 70.3 Å². The van der Waals surface area contributed by atoms with Gasteiger partial charge in [-0.15, -0.1) is 0 Å². The first-order valence-corrected chi connectivity index (χ1v) is 7.19. The van der Waals surface area contributed by atoms with E-state index in [9.17, 15) is 9.90 Å². The van der Waals surface area contributed by atoms with Crippen molar-refractivity contribution in [2.75, 3.05) is 0 Å². The van der Waals surface area contributed by atoms with E-state index in [2.05, 4.69) is 5.32 Å². The number of nitrogens with one attached hydrogen (secondary N) is 1. The van der Waals surface area contributed by atoms with E-state index >= 15 is 0 Å². The molecule has 3 nitrogen and oxygen atoms in total. The number of aryl methyl sites for hydroxylation is 2. The highest BCUT2D eigenvalue weighted by Crippen LogP contribution is 2.31. The lowest BCUT2D eigenvalue weighted by atomic mass is 10.0. The van der Waals surface area contributed by atoms with E-state index in [0.29, 0.717) is 12.0 Å². The number of hydrogen-bond donors (Lipinski definition) is 2. The van der Waals surface area contributed by atoms with Crippen LogP contribution in [-0.2, 0) is 6.42 Å². The Morgan fingerprint density at radius 3 is 2.52 bits per heavy atom. The van der Waals surface area contributed by atoms with Crippen molar-refractivity contribution in [1.82, 2.24) is 5.32 Å². The SMILES string of the molecule is Cc1cc(C)cc(C(=O)N[C@@H]2c3ccccc3C[C@@H]2O)c1. The molecule has 2 N–H and O–H groups in total. The molecular formula is C18H19NO2. The third-order valence-electron chi connectivity index (χ3n) is 3.97. The molecule has 0 fully saturated rings. The molecule has 21 heavy (non-hydrogen) atoms. The fraction of sp³-hybridized carbons (Fsp3) is 0.278. The topological polar surface area (TPSA) is 49.3 Å². The predicted octanol–water partition coefficient (Wildman–Crippen LogP) is 2.69. The minimum absolute atomic E-state index is 0.137. The molecule has 0 bridgehead atoms. The van der Waals surface area contributed by atoms with Crippen molar-refractivity contribution < 1.29 is 9.90 Å². The van der Waals surface area contributed by atoms with Crippen LogP contribution in [0.15, 0.2) is 42.5 Å². The van der Waals surface area contributed by atoms with Crippen LogP contribution in [0.2, 0.25) is 0 Å². The zero-order chi connectivity index (χ0) is 15.0. The number of fused-ring (bicyclic) bond motifs is 1. The normalized spacial score (nSPS) is 20.1. The van der Waals surface area contributed by atoms with Crippen LogP contribution in [-0.4, -0.2) is 17.1 Å². The van der Waals surface area contributed by atoms with Gasteiger partial charge < -0.3 is 10.4 Å². The summed E-state index contributed by atoms with van der Waals surface area (Å²) in [6.45, 7) is 3.95. The molecule has 1 amide bonds.